The van der Waals surface area contributed by atoms with Gasteiger partial charge in [0.1, 0.15) is 0 Å². The molecule has 0 aliphatic heterocycles. The first-order valence-electron chi connectivity index (χ1n) is 4.86. The van der Waals surface area contributed by atoms with Crippen LogP contribution in [0.4, 0.5) is 0 Å². The number of hydrogen-bond acceptors (Lipinski definition) is 1. The van der Waals surface area contributed by atoms with E-state index in [-0.39, 0.29) is 11.3 Å². The second kappa shape index (κ2) is 2.59. The minimum absolute atomic E-state index is 0.0141. The summed E-state index contributed by atoms with van der Waals surface area (Å²) in [6.45, 7) is 4.18. The Kier molecular flexibility index (Phi) is 1.71. The van der Waals surface area contributed by atoms with Crippen LogP contribution in [0.2, 0.25) is 0 Å². The molecule has 1 saturated carbocycles. The van der Waals surface area contributed by atoms with Crippen molar-refractivity contribution >= 4 is 5.91 Å². The summed E-state index contributed by atoms with van der Waals surface area (Å²) >= 11 is 0. The van der Waals surface area contributed by atoms with Gasteiger partial charge >= 0.3 is 0 Å². The van der Waals surface area contributed by atoms with Crippen LogP contribution in [0.1, 0.15) is 25.8 Å². The summed E-state index contributed by atoms with van der Waals surface area (Å²) in [4.78, 5) is 11.5. The van der Waals surface area contributed by atoms with Crippen molar-refractivity contribution < 1.29 is 4.79 Å². The lowest BCUT2D eigenvalue weighted by Gasteiger charge is -2.16. The molecule has 0 spiro atoms. The highest BCUT2D eigenvalue weighted by molar-refractivity contribution is 5.91. The lowest BCUT2D eigenvalue weighted by molar-refractivity contribution is -0.121. The number of nitrogens with two attached hydrogens (primary N) is 1. The molecule has 1 aromatic rings. The summed E-state index contributed by atoms with van der Waals surface area (Å²) in [5, 5.41) is 0. The smallest absolute Gasteiger partial charge is 0.228 e. The first-order chi connectivity index (χ1) is 6.51. The van der Waals surface area contributed by atoms with Gasteiger partial charge in [0.15, 0.2) is 0 Å². The average molecular weight is 189 g/mol. The van der Waals surface area contributed by atoms with E-state index in [1.54, 1.807) is 0 Å². The number of hydrogen-bond donors (Lipinski definition) is 1. The van der Waals surface area contributed by atoms with E-state index < -0.39 is 5.41 Å². The maximum atomic E-state index is 11.5. The van der Waals surface area contributed by atoms with Crippen molar-refractivity contribution in [3.63, 3.8) is 0 Å². The first-order valence-corrected chi connectivity index (χ1v) is 4.86. The average Bonchev–Trinajstić information content (AvgIpc) is 2.72. The highest BCUT2D eigenvalue weighted by Crippen LogP contribution is 2.63. The summed E-state index contributed by atoms with van der Waals surface area (Å²) in [5.74, 6) is -0.200. The molecule has 1 aliphatic carbocycles. The van der Waals surface area contributed by atoms with E-state index in [1.165, 1.54) is 0 Å². The molecular weight excluding hydrogens is 174 g/mol. The molecule has 2 rings (SSSR count). The van der Waals surface area contributed by atoms with Crippen molar-refractivity contribution in [3.8, 4) is 0 Å². The fraction of sp³-hybridized carbons (Fsp3) is 0.417. The maximum absolute atomic E-state index is 11.5. The Bertz CT molecular complexity index is 369. The fourth-order valence-electron chi connectivity index (χ4n) is 2.40. The van der Waals surface area contributed by atoms with E-state index in [0.717, 1.165) is 12.0 Å². The van der Waals surface area contributed by atoms with Gasteiger partial charge in [0.05, 0.1) is 5.41 Å². The van der Waals surface area contributed by atoms with Gasteiger partial charge in [-0.1, -0.05) is 44.2 Å². The minimum atomic E-state index is -0.422. The van der Waals surface area contributed by atoms with E-state index >= 15 is 0 Å². The Labute approximate surface area is 84.1 Å². The molecular formula is C12H15NO. The van der Waals surface area contributed by atoms with Crippen LogP contribution in [-0.4, -0.2) is 5.91 Å². The predicted molar refractivity (Wildman–Crippen MR) is 55.7 cm³/mol. The third kappa shape index (κ3) is 0.999. The molecule has 1 amide bonds. The molecule has 1 fully saturated rings. The molecule has 0 aromatic heterocycles. The molecule has 74 valence electrons. The van der Waals surface area contributed by atoms with Crippen LogP contribution >= 0.6 is 0 Å². The lowest BCUT2D eigenvalue weighted by Crippen LogP contribution is -2.32. The number of rotatable bonds is 2. The van der Waals surface area contributed by atoms with Gasteiger partial charge in [0, 0.05) is 0 Å². The van der Waals surface area contributed by atoms with E-state index in [1.807, 2.05) is 30.3 Å². The first kappa shape index (κ1) is 9.25. The number of carbonyl (C=O) groups excluding carboxylic acids is 1. The zero-order valence-corrected chi connectivity index (χ0v) is 8.58. The third-order valence-electron chi connectivity index (χ3n) is 3.42. The number of primary amides is 1. The Morgan fingerprint density at radius 1 is 1.29 bits per heavy atom. The van der Waals surface area contributed by atoms with Crippen LogP contribution < -0.4 is 5.73 Å². The topological polar surface area (TPSA) is 43.1 Å². The van der Waals surface area contributed by atoms with Gasteiger partial charge in [0.25, 0.3) is 0 Å². The summed E-state index contributed by atoms with van der Waals surface area (Å²) in [7, 11) is 0. The van der Waals surface area contributed by atoms with Crippen molar-refractivity contribution in [2.45, 2.75) is 25.7 Å². The standard InChI is InChI=1S/C12H15NO/c1-11(2)8-12(11,10(13)14)9-6-4-3-5-7-9/h3-7H,8H2,1-2H3,(H2,13,14). The Balaban J connectivity index is 2.47. The van der Waals surface area contributed by atoms with Crippen LogP contribution in [0.3, 0.4) is 0 Å². The van der Waals surface area contributed by atoms with Gasteiger partial charge in [-0.15, -0.1) is 0 Å². The Morgan fingerprint density at radius 2 is 1.79 bits per heavy atom. The zero-order chi connectivity index (χ0) is 10.4. The summed E-state index contributed by atoms with van der Waals surface area (Å²) in [5.41, 5.74) is 6.15. The summed E-state index contributed by atoms with van der Waals surface area (Å²) in [6, 6.07) is 9.83. The van der Waals surface area contributed by atoms with E-state index in [9.17, 15) is 4.79 Å². The van der Waals surface area contributed by atoms with Gasteiger partial charge < -0.3 is 5.73 Å². The molecule has 0 bridgehead atoms. The SMILES string of the molecule is CC1(C)CC1(C(N)=O)c1ccccc1. The third-order valence-corrected chi connectivity index (χ3v) is 3.42. The number of benzene rings is 1. The molecule has 14 heavy (non-hydrogen) atoms. The largest absolute Gasteiger partial charge is 0.369 e. The molecule has 1 aromatic carbocycles. The van der Waals surface area contributed by atoms with Gasteiger partial charge in [-0.3, -0.25) is 4.79 Å². The van der Waals surface area contributed by atoms with Gasteiger partial charge in [-0.25, -0.2) is 0 Å². The second-order valence-electron chi connectivity index (χ2n) is 4.70. The molecule has 1 aliphatic rings. The fourth-order valence-corrected chi connectivity index (χ4v) is 2.40. The van der Waals surface area contributed by atoms with Crippen LogP contribution in [0.5, 0.6) is 0 Å². The zero-order valence-electron chi connectivity index (χ0n) is 8.58. The molecule has 2 nitrogen and oxygen atoms in total. The molecule has 2 N–H and O–H groups in total. The molecule has 0 saturated heterocycles. The second-order valence-corrected chi connectivity index (χ2v) is 4.70. The highest BCUT2D eigenvalue weighted by atomic mass is 16.1. The molecule has 1 atom stereocenters. The minimum Gasteiger partial charge on any atom is -0.369 e. The Hall–Kier alpha value is -1.31. The van der Waals surface area contributed by atoms with Crippen molar-refractivity contribution in [2.24, 2.45) is 11.1 Å². The normalized spacial score (nSPS) is 28.4. The van der Waals surface area contributed by atoms with E-state index in [2.05, 4.69) is 13.8 Å². The van der Waals surface area contributed by atoms with Crippen molar-refractivity contribution in [1.82, 2.24) is 0 Å². The Morgan fingerprint density at radius 3 is 2.14 bits per heavy atom. The molecule has 1 unspecified atom stereocenters. The predicted octanol–water partition coefficient (Wildman–Crippen LogP) is 1.84. The van der Waals surface area contributed by atoms with Crippen molar-refractivity contribution in [1.29, 1.82) is 0 Å². The van der Waals surface area contributed by atoms with Crippen LogP contribution in [0.25, 0.3) is 0 Å². The summed E-state index contributed by atoms with van der Waals surface area (Å²) in [6.07, 6.45) is 0.860. The maximum Gasteiger partial charge on any atom is 0.228 e. The van der Waals surface area contributed by atoms with Crippen molar-refractivity contribution in [3.05, 3.63) is 35.9 Å². The van der Waals surface area contributed by atoms with Crippen LogP contribution in [-0.2, 0) is 10.2 Å². The van der Waals surface area contributed by atoms with Crippen molar-refractivity contribution in [2.75, 3.05) is 0 Å². The highest BCUT2D eigenvalue weighted by Gasteiger charge is 2.66. The van der Waals surface area contributed by atoms with Gasteiger partial charge in [0.2, 0.25) is 5.91 Å². The molecule has 0 heterocycles. The van der Waals surface area contributed by atoms with Crippen LogP contribution in [0, 0.1) is 5.41 Å². The van der Waals surface area contributed by atoms with Gasteiger partial charge in [-0.2, -0.15) is 0 Å². The number of amides is 1. The summed E-state index contributed by atoms with van der Waals surface area (Å²) < 4.78 is 0. The molecule has 2 heteroatoms. The van der Waals surface area contributed by atoms with E-state index in [0.29, 0.717) is 0 Å². The quantitative estimate of drug-likeness (QED) is 0.758. The number of carbonyl (C=O) groups is 1. The van der Waals surface area contributed by atoms with Crippen LogP contribution in [0.15, 0.2) is 30.3 Å². The molecule has 0 radical (unpaired) electrons. The monoisotopic (exact) mass is 189 g/mol. The lowest BCUT2D eigenvalue weighted by atomic mass is 9.87. The van der Waals surface area contributed by atoms with Gasteiger partial charge in [-0.05, 0) is 17.4 Å². The van der Waals surface area contributed by atoms with E-state index in [4.69, 9.17) is 5.73 Å².